The molecular formula is C21H27KO4S. The molecule has 0 radical (unpaired) electrons. The summed E-state index contributed by atoms with van der Waals surface area (Å²) in [4.78, 5) is -0.258. The van der Waals surface area contributed by atoms with Gasteiger partial charge < -0.3 is 9.29 Å². The number of aryl methyl sites for hydroxylation is 1. The Morgan fingerprint density at radius 2 is 1.52 bits per heavy atom. The summed E-state index contributed by atoms with van der Waals surface area (Å²) in [5, 5.41) is 0. The summed E-state index contributed by atoms with van der Waals surface area (Å²) in [6.45, 7) is 2.21. The molecular weight excluding hydrogens is 387 g/mol. The zero-order valence-electron chi connectivity index (χ0n) is 16.3. The first-order chi connectivity index (χ1) is 12.5. The van der Waals surface area contributed by atoms with Gasteiger partial charge in [0.15, 0.2) is 0 Å². The van der Waals surface area contributed by atoms with E-state index in [0.29, 0.717) is 11.5 Å². The molecule has 6 heteroatoms. The third-order valence-electron chi connectivity index (χ3n) is 4.35. The average molecular weight is 415 g/mol. The van der Waals surface area contributed by atoms with Crippen LogP contribution in [0.15, 0.2) is 53.4 Å². The number of rotatable bonds is 11. The van der Waals surface area contributed by atoms with Crippen LogP contribution in [0.3, 0.4) is 0 Å². The summed E-state index contributed by atoms with van der Waals surface area (Å²) >= 11 is 0. The predicted octanol–water partition coefficient (Wildman–Crippen LogP) is 2.68. The molecule has 0 saturated carbocycles. The number of hydrogen-bond donors (Lipinski definition) is 0. The zero-order valence-corrected chi connectivity index (χ0v) is 20.3. The van der Waals surface area contributed by atoms with Crippen LogP contribution in [0.25, 0.3) is 0 Å². The van der Waals surface area contributed by atoms with Gasteiger partial charge in [0.25, 0.3) is 0 Å². The van der Waals surface area contributed by atoms with Crippen molar-refractivity contribution in [3.8, 4) is 11.5 Å². The summed E-state index contributed by atoms with van der Waals surface area (Å²) in [5.74, 6) is 1.06. The molecule has 0 aliphatic carbocycles. The molecule has 0 N–H and O–H groups in total. The molecule has 142 valence electrons. The van der Waals surface area contributed by atoms with Crippen LogP contribution in [0.5, 0.6) is 11.5 Å². The Balaban J connectivity index is 0.00000364. The minimum absolute atomic E-state index is 0. The molecule has 0 spiro atoms. The summed E-state index contributed by atoms with van der Waals surface area (Å²) < 4.78 is 39.8. The Labute approximate surface area is 205 Å². The average Bonchev–Trinajstić information content (AvgIpc) is 2.62. The fourth-order valence-electron chi connectivity index (χ4n) is 2.88. The van der Waals surface area contributed by atoms with Gasteiger partial charge in [0, 0.05) is 0 Å². The normalized spacial score (nSPS) is 11.0. The van der Waals surface area contributed by atoms with Gasteiger partial charge in [-0.05, 0) is 42.7 Å². The first kappa shape index (κ1) is 24.8. The van der Waals surface area contributed by atoms with E-state index in [1.165, 1.54) is 44.2 Å². The fraction of sp³-hybridized carbons (Fsp3) is 0.429. The fourth-order valence-corrected chi connectivity index (χ4v) is 3.37. The molecule has 2 aromatic carbocycles. The number of unbranched alkanes of at least 4 members (excludes halogenated alkanes) is 6. The summed E-state index contributed by atoms with van der Waals surface area (Å²) in [7, 11) is -4.50. The van der Waals surface area contributed by atoms with E-state index >= 15 is 0 Å². The first-order valence-electron chi connectivity index (χ1n) is 9.32. The smallest absolute Gasteiger partial charge is 0.744 e. The monoisotopic (exact) mass is 414 g/mol. The van der Waals surface area contributed by atoms with Gasteiger partial charge in [-0.1, -0.05) is 69.7 Å². The molecule has 0 aliphatic rings. The van der Waals surface area contributed by atoms with Crippen molar-refractivity contribution in [2.45, 2.75) is 63.2 Å². The van der Waals surface area contributed by atoms with Crippen LogP contribution in [0.4, 0.5) is 0 Å². The van der Waals surface area contributed by atoms with Gasteiger partial charge in [-0.3, -0.25) is 0 Å². The van der Waals surface area contributed by atoms with Crippen LogP contribution in [0.2, 0.25) is 0 Å². The molecule has 0 heterocycles. The van der Waals surface area contributed by atoms with Crippen LogP contribution in [-0.2, 0) is 16.5 Å². The third kappa shape index (κ3) is 9.22. The van der Waals surface area contributed by atoms with E-state index in [9.17, 15) is 13.0 Å². The van der Waals surface area contributed by atoms with Gasteiger partial charge in [0.05, 0.1) is 4.90 Å². The van der Waals surface area contributed by atoms with Gasteiger partial charge >= 0.3 is 51.4 Å². The second kappa shape index (κ2) is 13.1. The van der Waals surface area contributed by atoms with Crippen molar-refractivity contribution in [3.63, 3.8) is 0 Å². The number of benzene rings is 2. The van der Waals surface area contributed by atoms with Crippen molar-refractivity contribution in [2.24, 2.45) is 0 Å². The maximum Gasteiger partial charge on any atom is 1.00 e. The van der Waals surface area contributed by atoms with Gasteiger partial charge in [-0.15, -0.1) is 0 Å². The molecule has 2 rings (SSSR count). The van der Waals surface area contributed by atoms with Crippen molar-refractivity contribution < 1.29 is 69.1 Å². The van der Waals surface area contributed by atoms with Crippen molar-refractivity contribution in [2.75, 3.05) is 0 Å². The van der Waals surface area contributed by atoms with Gasteiger partial charge in [0.2, 0.25) is 0 Å². The SMILES string of the molecule is CCCCCCCCCc1ccc(S(=O)(=O)[O-])cc1Oc1ccccc1.[K+]. The molecule has 0 amide bonds. The van der Waals surface area contributed by atoms with E-state index in [-0.39, 0.29) is 56.3 Å². The summed E-state index contributed by atoms with van der Waals surface area (Å²) in [6, 6.07) is 13.6. The second-order valence-corrected chi connectivity index (χ2v) is 7.89. The number of para-hydroxylation sites is 1. The standard InChI is InChI=1S/C21H28O4S.K/c1-2-3-4-5-6-7-9-12-18-15-16-20(26(22,23)24)17-21(18)25-19-13-10-8-11-14-19;/h8,10-11,13-17H,2-7,9,12H2,1H3,(H,22,23,24);/q;+1/p-1. The van der Waals surface area contributed by atoms with E-state index in [1.807, 2.05) is 18.2 Å². The maximum absolute atomic E-state index is 11.3. The van der Waals surface area contributed by atoms with Crippen LogP contribution in [-0.4, -0.2) is 13.0 Å². The largest absolute Gasteiger partial charge is 1.00 e. The molecule has 0 fully saturated rings. The van der Waals surface area contributed by atoms with Crippen molar-refractivity contribution in [1.82, 2.24) is 0 Å². The number of hydrogen-bond acceptors (Lipinski definition) is 4. The molecule has 0 aliphatic heterocycles. The van der Waals surface area contributed by atoms with Crippen molar-refractivity contribution in [3.05, 3.63) is 54.1 Å². The van der Waals surface area contributed by atoms with Gasteiger partial charge in [0.1, 0.15) is 21.6 Å². The number of ether oxygens (including phenoxy) is 1. The Bertz CT molecular complexity index is 776. The van der Waals surface area contributed by atoms with Crippen molar-refractivity contribution in [1.29, 1.82) is 0 Å². The zero-order chi connectivity index (χ0) is 18.8. The minimum atomic E-state index is -4.50. The molecule has 0 saturated heterocycles. The molecule has 0 unspecified atom stereocenters. The van der Waals surface area contributed by atoms with Gasteiger partial charge in [-0.25, -0.2) is 8.42 Å². The first-order valence-corrected chi connectivity index (χ1v) is 10.7. The van der Waals surface area contributed by atoms with E-state index in [2.05, 4.69) is 6.92 Å². The Kier molecular flexibility index (Phi) is 12.0. The molecule has 27 heavy (non-hydrogen) atoms. The maximum atomic E-state index is 11.3. The molecule has 0 bridgehead atoms. The van der Waals surface area contributed by atoms with E-state index < -0.39 is 10.1 Å². The predicted molar refractivity (Wildman–Crippen MR) is 103 cm³/mol. The molecule has 2 aromatic rings. The summed E-state index contributed by atoms with van der Waals surface area (Å²) in [5.41, 5.74) is 0.926. The van der Waals surface area contributed by atoms with Crippen LogP contribution < -0.4 is 56.1 Å². The topological polar surface area (TPSA) is 66.4 Å². The Morgan fingerprint density at radius 1 is 0.889 bits per heavy atom. The molecule has 4 nitrogen and oxygen atoms in total. The van der Waals surface area contributed by atoms with Gasteiger partial charge in [-0.2, -0.15) is 0 Å². The Hall–Kier alpha value is -0.214. The Morgan fingerprint density at radius 3 is 2.15 bits per heavy atom. The van der Waals surface area contributed by atoms with E-state index in [1.54, 1.807) is 18.2 Å². The van der Waals surface area contributed by atoms with Crippen molar-refractivity contribution >= 4 is 10.1 Å². The van der Waals surface area contributed by atoms with Crippen LogP contribution in [0, 0.1) is 0 Å². The molecule has 0 atom stereocenters. The molecule has 0 aromatic heterocycles. The summed E-state index contributed by atoms with van der Waals surface area (Å²) in [6.07, 6.45) is 9.24. The second-order valence-electron chi connectivity index (χ2n) is 6.51. The quantitative estimate of drug-likeness (QED) is 0.322. The third-order valence-corrected chi connectivity index (χ3v) is 5.18. The minimum Gasteiger partial charge on any atom is -0.744 e. The van der Waals surface area contributed by atoms with E-state index in [4.69, 9.17) is 4.74 Å². The van der Waals surface area contributed by atoms with Crippen LogP contribution >= 0.6 is 0 Å². The van der Waals surface area contributed by atoms with Crippen LogP contribution in [0.1, 0.15) is 57.4 Å². The van der Waals surface area contributed by atoms with E-state index in [0.717, 1.165) is 24.8 Å².